The fourth-order valence-electron chi connectivity index (χ4n) is 1.28. The SMILES string of the molecule is CC.CCC.Cc1cc(C(F)(F)F)cc2n[nH]nc12. The first-order chi connectivity index (χ1) is 8.90. The molecule has 0 aliphatic rings. The number of aromatic nitrogens is 3. The maximum absolute atomic E-state index is 12.3. The highest BCUT2D eigenvalue weighted by Gasteiger charge is 2.31. The first-order valence-electron chi connectivity index (χ1n) is 6.28. The smallest absolute Gasteiger partial charge is 0.197 e. The van der Waals surface area contributed by atoms with Crippen molar-refractivity contribution in [3.05, 3.63) is 23.3 Å². The number of nitrogens with zero attached hydrogens (tertiary/aromatic N) is 2. The lowest BCUT2D eigenvalue weighted by molar-refractivity contribution is -0.137. The Labute approximate surface area is 111 Å². The van der Waals surface area contributed by atoms with E-state index in [2.05, 4.69) is 29.3 Å². The number of nitrogens with one attached hydrogen (secondary N) is 1. The van der Waals surface area contributed by atoms with Crippen LogP contribution in [0.1, 0.15) is 45.2 Å². The summed E-state index contributed by atoms with van der Waals surface area (Å²) in [5.41, 5.74) is 0.468. The van der Waals surface area contributed by atoms with Gasteiger partial charge >= 0.3 is 6.18 Å². The van der Waals surface area contributed by atoms with Crippen LogP contribution in [-0.4, -0.2) is 15.4 Å². The number of halogens is 3. The monoisotopic (exact) mass is 275 g/mol. The number of H-pyrrole nitrogens is 1. The Kier molecular flexibility index (Phi) is 7.11. The normalized spacial score (nSPS) is 10.3. The lowest BCUT2D eigenvalue weighted by Gasteiger charge is -2.06. The van der Waals surface area contributed by atoms with Crippen molar-refractivity contribution in [1.29, 1.82) is 0 Å². The molecule has 0 saturated carbocycles. The Morgan fingerprint density at radius 1 is 1.11 bits per heavy atom. The molecule has 0 fully saturated rings. The molecule has 1 aromatic carbocycles. The van der Waals surface area contributed by atoms with Gasteiger partial charge in [-0.15, -0.1) is 0 Å². The van der Waals surface area contributed by atoms with Crippen molar-refractivity contribution in [2.75, 3.05) is 0 Å². The van der Waals surface area contributed by atoms with Crippen LogP contribution in [0.5, 0.6) is 0 Å². The molecule has 0 unspecified atom stereocenters. The van der Waals surface area contributed by atoms with Gasteiger partial charge in [0.15, 0.2) is 0 Å². The van der Waals surface area contributed by atoms with Crippen LogP contribution in [0.25, 0.3) is 11.0 Å². The summed E-state index contributed by atoms with van der Waals surface area (Å²) in [5, 5.41) is 9.65. The fourth-order valence-corrected chi connectivity index (χ4v) is 1.28. The van der Waals surface area contributed by atoms with E-state index < -0.39 is 11.7 Å². The third-order valence-electron chi connectivity index (χ3n) is 1.94. The summed E-state index contributed by atoms with van der Waals surface area (Å²) in [6, 6.07) is 2.04. The molecule has 0 bridgehead atoms. The van der Waals surface area contributed by atoms with E-state index in [1.54, 1.807) is 6.92 Å². The molecule has 1 heterocycles. The van der Waals surface area contributed by atoms with Crippen LogP contribution in [0, 0.1) is 6.92 Å². The fraction of sp³-hybridized carbons (Fsp3) is 0.538. The zero-order chi connectivity index (χ0) is 15.1. The highest BCUT2D eigenvalue weighted by Crippen LogP contribution is 2.31. The molecule has 0 aliphatic carbocycles. The summed E-state index contributed by atoms with van der Waals surface area (Å²) in [6.45, 7) is 9.82. The average molecular weight is 275 g/mol. The van der Waals surface area contributed by atoms with Gasteiger partial charge in [0.05, 0.1) is 5.56 Å². The molecular formula is C13H20F3N3. The van der Waals surface area contributed by atoms with Crippen molar-refractivity contribution in [1.82, 2.24) is 15.4 Å². The molecule has 0 saturated heterocycles. The third kappa shape index (κ3) is 4.89. The summed E-state index contributed by atoms with van der Waals surface area (Å²) in [4.78, 5) is 0. The molecule has 19 heavy (non-hydrogen) atoms. The van der Waals surface area contributed by atoms with E-state index in [0.717, 1.165) is 12.1 Å². The maximum Gasteiger partial charge on any atom is 0.416 e. The van der Waals surface area contributed by atoms with Crippen LogP contribution in [0.3, 0.4) is 0 Å². The molecule has 0 spiro atoms. The second kappa shape index (κ2) is 7.76. The van der Waals surface area contributed by atoms with E-state index in [9.17, 15) is 13.2 Å². The van der Waals surface area contributed by atoms with Crippen molar-refractivity contribution in [2.45, 2.75) is 47.2 Å². The molecule has 108 valence electrons. The van der Waals surface area contributed by atoms with Gasteiger partial charge in [0.25, 0.3) is 0 Å². The quantitative estimate of drug-likeness (QED) is 0.755. The number of hydrogen-bond acceptors (Lipinski definition) is 2. The van der Waals surface area contributed by atoms with Crippen molar-refractivity contribution >= 4 is 11.0 Å². The number of aryl methyl sites for hydroxylation is 1. The molecule has 0 amide bonds. The summed E-state index contributed by atoms with van der Waals surface area (Å²) in [7, 11) is 0. The van der Waals surface area contributed by atoms with E-state index in [4.69, 9.17) is 0 Å². The Morgan fingerprint density at radius 2 is 1.63 bits per heavy atom. The minimum Gasteiger partial charge on any atom is -0.197 e. The summed E-state index contributed by atoms with van der Waals surface area (Å²) < 4.78 is 37.0. The molecular weight excluding hydrogens is 255 g/mol. The largest absolute Gasteiger partial charge is 0.416 e. The van der Waals surface area contributed by atoms with Crippen LogP contribution < -0.4 is 0 Å². The molecule has 2 rings (SSSR count). The third-order valence-corrected chi connectivity index (χ3v) is 1.94. The van der Waals surface area contributed by atoms with E-state index in [0.29, 0.717) is 11.1 Å². The van der Waals surface area contributed by atoms with E-state index in [-0.39, 0.29) is 5.52 Å². The minimum absolute atomic E-state index is 0.234. The number of hydrogen-bond donors (Lipinski definition) is 1. The van der Waals surface area contributed by atoms with Crippen molar-refractivity contribution < 1.29 is 13.2 Å². The Hall–Kier alpha value is -1.59. The number of benzene rings is 1. The molecule has 0 radical (unpaired) electrons. The van der Waals surface area contributed by atoms with Gasteiger partial charge in [0.1, 0.15) is 11.0 Å². The standard InChI is InChI=1S/C8H6F3N3.C3H8.C2H6/c1-4-2-5(8(9,10)11)3-6-7(4)13-14-12-6;1-3-2;1-2/h2-3H,1H3,(H,12,13,14);3H2,1-2H3;1-2H3. The lowest BCUT2D eigenvalue weighted by atomic mass is 10.1. The van der Waals surface area contributed by atoms with Gasteiger partial charge in [0.2, 0.25) is 0 Å². The van der Waals surface area contributed by atoms with Gasteiger partial charge in [-0.3, -0.25) is 0 Å². The van der Waals surface area contributed by atoms with Gasteiger partial charge in [-0.05, 0) is 24.6 Å². The predicted molar refractivity (Wildman–Crippen MR) is 70.9 cm³/mol. The van der Waals surface area contributed by atoms with E-state index in [1.807, 2.05) is 13.8 Å². The minimum atomic E-state index is -4.34. The van der Waals surface area contributed by atoms with Crippen LogP contribution in [0.15, 0.2) is 12.1 Å². The van der Waals surface area contributed by atoms with Crippen molar-refractivity contribution in [3.8, 4) is 0 Å². The highest BCUT2D eigenvalue weighted by molar-refractivity contribution is 5.78. The lowest BCUT2D eigenvalue weighted by Crippen LogP contribution is -2.05. The zero-order valence-corrected chi connectivity index (χ0v) is 11.9. The first kappa shape index (κ1) is 17.4. The Balaban J connectivity index is 0.000000573. The molecule has 0 aliphatic heterocycles. The van der Waals surface area contributed by atoms with Gasteiger partial charge in [-0.2, -0.15) is 28.6 Å². The van der Waals surface area contributed by atoms with E-state index >= 15 is 0 Å². The summed E-state index contributed by atoms with van der Waals surface area (Å²) >= 11 is 0. The maximum atomic E-state index is 12.3. The molecule has 1 aromatic heterocycles. The van der Waals surface area contributed by atoms with Crippen molar-refractivity contribution in [2.24, 2.45) is 0 Å². The number of alkyl halides is 3. The average Bonchev–Trinajstić information content (AvgIpc) is 2.80. The topological polar surface area (TPSA) is 41.6 Å². The van der Waals surface area contributed by atoms with E-state index in [1.165, 1.54) is 6.42 Å². The molecule has 1 N–H and O–H groups in total. The van der Waals surface area contributed by atoms with Gasteiger partial charge < -0.3 is 0 Å². The van der Waals surface area contributed by atoms with Crippen LogP contribution in [0.4, 0.5) is 13.2 Å². The molecule has 2 aromatic rings. The zero-order valence-electron chi connectivity index (χ0n) is 11.9. The van der Waals surface area contributed by atoms with Gasteiger partial charge in [-0.25, -0.2) is 0 Å². The van der Waals surface area contributed by atoms with Crippen molar-refractivity contribution in [3.63, 3.8) is 0 Å². The summed E-state index contributed by atoms with van der Waals surface area (Å²) in [5.74, 6) is 0. The Morgan fingerprint density at radius 3 is 2.11 bits per heavy atom. The van der Waals surface area contributed by atoms with Gasteiger partial charge in [-0.1, -0.05) is 34.1 Å². The highest BCUT2D eigenvalue weighted by atomic mass is 19.4. The molecule has 3 nitrogen and oxygen atoms in total. The van der Waals surface area contributed by atoms with Crippen LogP contribution in [0.2, 0.25) is 0 Å². The van der Waals surface area contributed by atoms with Gasteiger partial charge in [0, 0.05) is 0 Å². The second-order valence-corrected chi connectivity index (χ2v) is 3.69. The van der Waals surface area contributed by atoms with Crippen LogP contribution >= 0.6 is 0 Å². The van der Waals surface area contributed by atoms with Crippen LogP contribution in [-0.2, 0) is 6.18 Å². The first-order valence-corrected chi connectivity index (χ1v) is 6.28. The Bertz CT molecular complexity index is 489. The number of aromatic amines is 1. The predicted octanol–water partition coefficient (Wildman–Crippen LogP) is 4.73. The number of fused-ring (bicyclic) bond motifs is 1. The molecule has 0 atom stereocenters. The molecule has 6 heteroatoms. The number of rotatable bonds is 0. The second-order valence-electron chi connectivity index (χ2n) is 3.69. The summed E-state index contributed by atoms with van der Waals surface area (Å²) in [6.07, 6.45) is -3.09.